The standard InChI is InChI=1S/C18H28N2O.ClH/c1-13-7-5-6-8-16(13)18(3,4)17(21)20-11-9-15(10-12-20)14(2)19;/h5-8,14-15H,9-12,19H2,1-4H3;1H. The van der Waals surface area contributed by atoms with E-state index in [1.54, 1.807) is 0 Å². The van der Waals surface area contributed by atoms with Crippen LogP contribution in [0.4, 0.5) is 0 Å². The number of nitrogens with two attached hydrogens (primary N) is 1. The summed E-state index contributed by atoms with van der Waals surface area (Å²) in [5.74, 6) is 0.788. The van der Waals surface area contributed by atoms with Crippen LogP contribution in [0, 0.1) is 12.8 Å². The van der Waals surface area contributed by atoms with E-state index in [0.717, 1.165) is 31.5 Å². The van der Waals surface area contributed by atoms with Crippen molar-refractivity contribution >= 4 is 18.3 Å². The first kappa shape index (κ1) is 19.0. The van der Waals surface area contributed by atoms with Crippen LogP contribution in [0.5, 0.6) is 0 Å². The van der Waals surface area contributed by atoms with Gasteiger partial charge in [0.25, 0.3) is 0 Å². The Hall–Kier alpha value is -1.06. The van der Waals surface area contributed by atoms with Crippen LogP contribution in [0.3, 0.4) is 0 Å². The lowest BCUT2D eigenvalue weighted by Gasteiger charge is -2.38. The number of carbonyl (C=O) groups excluding carboxylic acids is 1. The van der Waals surface area contributed by atoms with Crippen LogP contribution in [0.1, 0.15) is 44.7 Å². The molecule has 1 aromatic carbocycles. The molecule has 4 heteroatoms. The average Bonchev–Trinajstić information content (AvgIpc) is 2.46. The Morgan fingerprint density at radius 1 is 1.27 bits per heavy atom. The highest BCUT2D eigenvalue weighted by atomic mass is 35.5. The molecule has 1 heterocycles. The molecule has 1 aliphatic heterocycles. The molecule has 1 fully saturated rings. The van der Waals surface area contributed by atoms with E-state index in [9.17, 15) is 4.79 Å². The van der Waals surface area contributed by atoms with Gasteiger partial charge in [-0.15, -0.1) is 12.4 Å². The number of aryl methyl sites for hydroxylation is 1. The van der Waals surface area contributed by atoms with Gasteiger partial charge in [-0.2, -0.15) is 0 Å². The van der Waals surface area contributed by atoms with Crippen LogP contribution < -0.4 is 5.73 Å². The summed E-state index contributed by atoms with van der Waals surface area (Å²) in [6.45, 7) is 9.89. The van der Waals surface area contributed by atoms with Gasteiger partial charge in [-0.1, -0.05) is 24.3 Å². The number of benzene rings is 1. The molecule has 3 nitrogen and oxygen atoms in total. The number of carbonyl (C=O) groups is 1. The van der Waals surface area contributed by atoms with Crippen molar-refractivity contribution in [2.45, 2.75) is 52.0 Å². The van der Waals surface area contributed by atoms with Gasteiger partial charge in [-0.3, -0.25) is 4.79 Å². The summed E-state index contributed by atoms with van der Waals surface area (Å²) in [6.07, 6.45) is 2.04. The van der Waals surface area contributed by atoms with Crippen molar-refractivity contribution in [1.82, 2.24) is 4.90 Å². The molecule has 1 saturated heterocycles. The lowest BCUT2D eigenvalue weighted by Crippen LogP contribution is -2.48. The number of rotatable bonds is 3. The zero-order valence-electron chi connectivity index (χ0n) is 14.1. The second-order valence-corrected chi connectivity index (χ2v) is 6.93. The van der Waals surface area contributed by atoms with Gasteiger partial charge in [0.1, 0.15) is 0 Å². The number of amides is 1. The van der Waals surface area contributed by atoms with Crippen LogP contribution in [0.25, 0.3) is 0 Å². The molecule has 2 rings (SSSR count). The van der Waals surface area contributed by atoms with Crippen molar-refractivity contribution in [3.8, 4) is 0 Å². The van der Waals surface area contributed by atoms with Crippen LogP contribution in [-0.2, 0) is 10.2 Å². The van der Waals surface area contributed by atoms with Crippen molar-refractivity contribution in [1.29, 1.82) is 0 Å². The van der Waals surface area contributed by atoms with E-state index in [4.69, 9.17) is 5.73 Å². The summed E-state index contributed by atoms with van der Waals surface area (Å²) in [6, 6.07) is 8.41. The summed E-state index contributed by atoms with van der Waals surface area (Å²) in [7, 11) is 0. The fourth-order valence-corrected chi connectivity index (χ4v) is 3.41. The van der Waals surface area contributed by atoms with E-state index in [1.165, 1.54) is 5.56 Å². The number of nitrogens with zero attached hydrogens (tertiary/aromatic N) is 1. The molecule has 0 bridgehead atoms. The van der Waals surface area contributed by atoms with Gasteiger partial charge in [0.2, 0.25) is 5.91 Å². The smallest absolute Gasteiger partial charge is 0.232 e. The van der Waals surface area contributed by atoms with Crippen LogP contribution in [0.2, 0.25) is 0 Å². The zero-order chi connectivity index (χ0) is 15.6. The molecule has 0 spiro atoms. The molecule has 1 atom stereocenters. The van der Waals surface area contributed by atoms with Gasteiger partial charge < -0.3 is 10.6 Å². The molecule has 1 aromatic rings. The van der Waals surface area contributed by atoms with E-state index in [0.29, 0.717) is 5.92 Å². The third-order valence-electron chi connectivity index (χ3n) is 4.92. The molecular formula is C18H29ClN2O. The Morgan fingerprint density at radius 2 is 1.82 bits per heavy atom. The van der Waals surface area contributed by atoms with Gasteiger partial charge in [0.05, 0.1) is 5.41 Å². The molecule has 1 unspecified atom stereocenters. The first-order chi connectivity index (χ1) is 9.84. The average molecular weight is 325 g/mol. The number of halogens is 1. The Bertz CT molecular complexity index is 506. The molecule has 1 aliphatic rings. The van der Waals surface area contributed by atoms with Gasteiger partial charge in [-0.25, -0.2) is 0 Å². The molecule has 0 radical (unpaired) electrons. The summed E-state index contributed by atoms with van der Waals surface area (Å²) in [4.78, 5) is 15.0. The minimum absolute atomic E-state index is 0. The van der Waals surface area contributed by atoms with Gasteiger partial charge in [0, 0.05) is 19.1 Å². The maximum atomic E-state index is 12.9. The highest BCUT2D eigenvalue weighted by Crippen LogP contribution is 2.30. The predicted octanol–water partition coefficient (Wildman–Crippen LogP) is 3.28. The number of hydrogen-bond acceptors (Lipinski definition) is 2. The topological polar surface area (TPSA) is 46.3 Å². The van der Waals surface area contributed by atoms with E-state index in [-0.39, 0.29) is 24.4 Å². The summed E-state index contributed by atoms with van der Waals surface area (Å²) < 4.78 is 0. The second-order valence-electron chi connectivity index (χ2n) is 6.93. The number of likely N-dealkylation sites (tertiary alicyclic amines) is 1. The highest BCUT2D eigenvalue weighted by Gasteiger charge is 2.36. The van der Waals surface area contributed by atoms with Crippen molar-refractivity contribution < 1.29 is 4.79 Å². The molecule has 0 aliphatic carbocycles. The Labute approximate surface area is 140 Å². The lowest BCUT2D eigenvalue weighted by molar-refractivity contribution is -0.137. The largest absolute Gasteiger partial charge is 0.342 e. The maximum absolute atomic E-state index is 12.9. The lowest BCUT2D eigenvalue weighted by atomic mass is 9.80. The van der Waals surface area contributed by atoms with E-state index in [2.05, 4.69) is 26.0 Å². The second kappa shape index (κ2) is 7.47. The van der Waals surface area contributed by atoms with Crippen molar-refractivity contribution in [2.24, 2.45) is 11.7 Å². The normalized spacial score (nSPS) is 17.8. The molecular weight excluding hydrogens is 296 g/mol. The van der Waals surface area contributed by atoms with Crippen molar-refractivity contribution in [3.05, 3.63) is 35.4 Å². The van der Waals surface area contributed by atoms with E-state index < -0.39 is 5.41 Å². The van der Waals surface area contributed by atoms with E-state index in [1.807, 2.05) is 30.9 Å². The minimum Gasteiger partial charge on any atom is -0.342 e. The quantitative estimate of drug-likeness (QED) is 0.927. The third kappa shape index (κ3) is 3.82. The molecule has 22 heavy (non-hydrogen) atoms. The summed E-state index contributed by atoms with van der Waals surface area (Å²) in [5.41, 5.74) is 7.83. The molecule has 124 valence electrons. The Morgan fingerprint density at radius 3 is 2.32 bits per heavy atom. The SMILES string of the molecule is Cc1ccccc1C(C)(C)C(=O)N1CCC(C(C)N)CC1.Cl. The molecule has 0 aromatic heterocycles. The summed E-state index contributed by atoms with van der Waals surface area (Å²) in [5, 5.41) is 0. The number of piperidine rings is 1. The number of hydrogen-bond donors (Lipinski definition) is 1. The highest BCUT2D eigenvalue weighted by molar-refractivity contribution is 5.87. The maximum Gasteiger partial charge on any atom is 0.232 e. The predicted molar refractivity (Wildman–Crippen MR) is 94.4 cm³/mol. The Kier molecular flexibility index (Phi) is 6.45. The van der Waals surface area contributed by atoms with E-state index >= 15 is 0 Å². The molecule has 0 saturated carbocycles. The fourth-order valence-electron chi connectivity index (χ4n) is 3.41. The van der Waals surface area contributed by atoms with Crippen LogP contribution in [-0.4, -0.2) is 29.9 Å². The first-order valence-electron chi connectivity index (χ1n) is 7.95. The fraction of sp³-hybridized carbons (Fsp3) is 0.611. The van der Waals surface area contributed by atoms with Crippen molar-refractivity contribution in [2.75, 3.05) is 13.1 Å². The first-order valence-corrected chi connectivity index (χ1v) is 7.95. The molecule has 2 N–H and O–H groups in total. The monoisotopic (exact) mass is 324 g/mol. The van der Waals surface area contributed by atoms with Crippen molar-refractivity contribution in [3.63, 3.8) is 0 Å². The van der Waals surface area contributed by atoms with Crippen LogP contribution >= 0.6 is 12.4 Å². The minimum atomic E-state index is -0.466. The molecule has 1 amide bonds. The van der Waals surface area contributed by atoms with Gasteiger partial charge in [0.15, 0.2) is 0 Å². The summed E-state index contributed by atoms with van der Waals surface area (Å²) >= 11 is 0. The third-order valence-corrected chi connectivity index (χ3v) is 4.92. The van der Waals surface area contributed by atoms with Gasteiger partial charge in [-0.05, 0) is 57.6 Å². The zero-order valence-corrected chi connectivity index (χ0v) is 15.0. The van der Waals surface area contributed by atoms with Crippen LogP contribution in [0.15, 0.2) is 24.3 Å². The van der Waals surface area contributed by atoms with Gasteiger partial charge >= 0.3 is 0 Å². The Balaban J connectivity index is 0.00000242.